The minimum atomic E-state index is -0.423. The number of imide groups is 1. The average Bonchev–Trinajstić information content (AvgIpc) is 3.76. The predicted molar refractivity (Wildman–Crippen MR) is 174 cm³/mol. The number of hydrogen-bond donors (Lipinski definition) is 2. The number of amides is 3. The number of carbonyl (C=O) groups excluding carboxylic acids is 3. The Balaban J connectivity index is 1.12. The van der Waals surface area contributed by atoms with Gasteiger partial charge in [0.05, 0.1) is 22.5 Å². The van der Waals surface area contributed by atoms with Gasteiger partial charge in [0.25, 0.3) is 5.91 Å². The first-order valence-corrected chi connectivity index (χ1v) is 17.0. The van der Waals surface area contributed by atoms with Crippen LogP contribution >= 0.6 is 34.7 Å². The molecule has 3 heterocycles. The number of H-pyrrole nitrogens is 1. The summed E-state index contributed by atoms with van der Waals surface area (Å²) in [7, 11) is 0. The monoisotopic (exact) mass is 657 g/mol. The highest BCUT2D eigenvalue weighted by atomic mass is 35.5. The first kappa shape index (κ1) is 28.6. The molecule has 2 N–H and O–H groups in total. The Morgan fingerprint density at radius 3 is 2.53 bits per heavy atom. The highest BCUT2D eigenvalue weighted by Crippen LogP contribution is 2.69. The Kier molecular flexibility index (Phi) is 6.92. The zero-order valence-corrected chi connectivity index (χ0v) is 26.5. The number of benzene rings is 3. The van der Waals surface area contributed by atoms with E-state index in [1.165, 1.54) is 16.2 Å². The Labute approximate surface area is 272 Å². The first-order valence-electron chi connectivity index (χ1n) is 14.9. The number of ether oxygens (including phenoxy) is 1. The lowest BCUT2D eigenvalue weighted by molar-refractivity contribution is -0.123. The van der Waals surface area contributed by atoms with E-state index in [0.717, 1.165) is 27.5 Å². The maximum Gasteiger partial charge on any atom is 0.305 e. The summed E-state index contributed by atoms with van der Waals surface area (Å²) in [5, 5.41) is 4.29. The third kappa shape index (κ3) is 4.64. The van der Waals surface area contributed by atoms with Crippen molar-refractivity contribution in [3.05, 3.63) is 103 Å². The van der Waals surface area contributed by atoms with E-state index in [9.17, 15) is 19.2 Å². The van der Waals surface area contributed by atoms with Crippen LogP contribution in [0.15, 0.2) is 82.6 Å². The Hall–Kier alpha value is -3.86. The molecule has 0 unspecified atom stereocenters. The number of anilines is 2. The van der Waals surface area contributed by atoms with E-state index in [1.54, 1.807) is 36.0 Å². The normalized spacial score (nSPS) is 27.7. The van der Waals surface area contributed by atoms with Crippen LogP contribution in [0.4, 0.5) is 11.4 Å². The van der Waals surface area contributed by atoms with Gasteiger partial charge >= 0.3 is 4.87 Å². The predicted octanol–water partition coefficient (Wildman–Crippen LogP) is 6.09. The van der Waals surface area contributed by atoms with Crippen LogP contribution in [0.3, 0.4) is 0 Å². The van der Waals surface area contributed by atoms with E-state index in [2.05, 4.69) is 10.3 Å². The van der Waals surface area contributed by atoms with Gasteiger partial charge in [0.15, 0.2) is 6.61 Å². The summed E-state index contributed by atoms with van der Waals surface area (Å²) >= 11 is 8.92. The standard InChI is InChI=1S/C34H28ClN3O5S2/c1-16-5-4-6-18(13-16)36-24(39)15-43-23-8-3-2-7-20(23)25-26-21-14-22(29(26)44-31-30(25)45-34(42)37-31)28-27(21)32(40)38(33(28)41)19-11-9-17(35)10-12-19/h2-13,21-22,25-29H,14-15H2,1H3,(H,36,39)(H,37,42)/t21-,22-,25+,26-,27+,28+,29-/m1/s1. The van der Waals surface area contributed by atoms with Gasteiger partial charge in [-0.25, -0.2) is 0 Å². The van der Waals surface area contributed by atoms with Gasteiger partial charge in [-0.3, -0.25) is 24.1 Å². The second-order valence-electron chi connectivity index (χ2n) is 12.2. The van der Waals surface area contributed by atoms with Crippen molar-refractivity contribution in [2.24, 2.45) is 29.6 Å². The van der Waals surface area contributed by atoms with Crippen LogP contribution in [-0.4, -0.2) is 34.6 Å². The highest BCUT2D eigenvalue weighted by molar-refractivity contribution is 8.00. The van der Waals surface area contributed by atoms with Crippen molar-refractivity contribution in [2.45, 2.75) is 29.5 Å². The van der Waals surface area contributed by atoms with E-state index in [1.807, 2.05) is 55.5 Å². The van der Waals surface area contributed by atoms with Gasteiger partial charge in [-0.2, -0.15) is 0 Å². The summed E-state index contributed by atoms with van der Waals surface area (Å²) in [6.07, 6.45) is 0.779. The number of para-hydroxylation sites is 1. The summed E-state index contributed by atoms with van der Waals surface area (Å²) in [4.78, 5) is 58.6. The molecule has 1 aromatic heterocycles. The molecule has 2 bridgehead atoms. The number of aromatic amines is 1. The molecular weight excluding hydrogens is 630 g/mol. The van der Waals surface area contributed by atoms with Gasteiger partial charge in [-0.05, 0) is 79.1 Å². The molecule has 8 nitrogen and oxygen atoms in total. The van der Waals surface area contributed by atoms with Crippen LogP contribution in [-0.2, 0) is 14.4 Å². The third-order valence-corrected chi connectivity index (χ3v) is 12.6. The molecule has 8 rings (SSSR count). The van der Waals surface area contributed by atoms with Crippen molar-refractivity contribution in [3.8, 4) is 5.75 Å². The first-order chi connectivity index (χ1) is 21.8. The molecule has 2 saturated carbocycles. The molecule has 0 radical (unpaired) electrons. The fraction of sp³-hybridized carbons (Fsp3) is 0.294. The molecule has 4 aliphatic rings. The zero-order chi connectivity index (χ0) is 31.0. The lowest BCUT2D eigenvalue weighted by atomic mass is 9.68. The van der Waals surface area contributed by atoms with Crippen molar-refractivity contribution in [3.63, 3.8) is 0 Å². The Bertz CT molecular complexity index is 1920. The quantitative estimate of drug-likeness (QED) is 0.243. The summed E-state index contributed by atoms with van der Waals surface area (Å²) in [5.74, 6) is -1.10. The highest BCUT2D eigenvalue weighted by Gasteiger charge is 2.69. The number of carbonyl (C=O) groups is 3. The minimum absolute atomic E-state index is 0.00371. The maximum atomic E-state index is 14.0. The fourth-order valence-electron chi connectivity index (χ4n) is 8.14. The number of aryl methyl sites for hydroxylation is 1. The number of rotatable bonds is 6. The lowest BCUT2D eigenvalue weighted by Crippen LogP contribution is -2.42. The summed E-state index contributed by atoms with van der Waals surface area (Å²) in [5.41, 5.74) is 3.16. The third-order valence-electron chi connectivity index (χ3n) is 9.72. The van der Waals surface area contributed by atoms with Crippen LogP contribution in [0.25, 0.3) is 0 Å². The van der Waals surface area contributed by atoms with Gasteiger partial charge in [-0.1, -0.05) is 53.3 Å². The molecule has 3 fully saturated rings. The minimum Gasteiger partial charge on any atom is -0.483 e. The SMILES string of the molecule is Cc1cccc(NC(=O)COc2ccccc2[C@@H]2c3sc(=O)[nH]c3S[C@@H]3[C@@H]4C[C@@H]([C@@H]5C(=O)N(c6ccc(Cl)cc6)C(=O)[C@@H]45)[C@H]23)c1. The molecule has 3 amide bonds. The zero-order valence-electron chi connectivity index (χ0n) is 24.1. The number of thioether (sulfide) groups is 1. The van der Waals surface area contributed by atoms with Crippen LogP contribution < -0.4 is 19.8 Å². The Morgan fingerprint density at radius 2 is 1.76 bits per heavy atom. The number of aromatic nitrogens is 1. The molecule has 1 saturated heterocycles. The molecule has 7 atom stereocenters. The molecule has 3 aromatic carbocycles. The van der Waals surface area contributed by atoms with Crippen molar-refractivity contribution in [1.82, 2.24) is 4.98 Å². The second-order valence-corrected chi connectivity index (χ2v) is 14.8. The number of thiazole rings is 1. The number of nitrogens with zero attached hydrogens (tertiary/aromatic N) is 1. The number of hydrogen-bond acceptors (Lipinski definition) is 7. The average molecular weight is 658 g/mol. The fourth-order valence-corrected chi connectivity index (χ4v) is 11.1. The summed E-state index contributed by atoms with van der Waals surface area (Å²) in [6, 6.07) is 22.0. The molecule has 228 valence electrons. The topological polar surface area (TPSA) is 109 Å². The van der Waals surface area contributed by atoms with E-state index in [4.69, 9.17) is 16.3 Å². The largest absolute Gasteiger partial charge is 0.483 e. The second kappa shape index (κ2) is 10.9. The van der Waals surface area contributed by atoms with Crippen molar-refractivity contribution >= 4 is 63.8 Å². The number of halogens is 1. The number of fused-ring (bicyclic) bond motifs is 9. The Morgan fingerprint density at radius 1 is 1.00 bits per heavy atom. The molecule has 4 aromatic rings. The van der Waals surface area contributed by atoms with E-state index in [-0.39, 0.29) is 58.1 Å². The van der Waals surface area contributed by atoms with Gasteiger partial charge in [0, 0.05) is 32.3 Å². The maximum absolute atomic E-state index is 14.0. The van der Waals surface area contributed by atoms with Gasteiger partial charge in [0.2, 0.25) is 11.8 Å². The summed E-state index contributed by atoms with van der Waals surface area (Å²) in [6.45, 7) is 1.78. The van der Waals surface area contributed by atoms with Crippen molar-refractivity contribution in [2.75, 3.05) is 16.8 Å². The lowest BCUT2D eigenvalue weighted by Gasteiger charge is -2.43. The molecule has 2 aliphatic heterocycles. The molecule has 0 spiro atoms. The van der Waals surface area contributed by atoms with Crippen LogP contribution in [0.2, 0.25) is 5.02 Å². The van der Waals surface area contributed by atoms with Gasteiger partial charge in [0.1, 0.15) is 5.75 Å². The van der Waals surface area contributed by atoms with E-state index in [0.29, 0.717) is 22.1 Å². The molecular formula is C34H28ClN3O5S2. The van der Waals surface area contributed by atoms with Crippen molar-refractivity contribution in [1.29, 1.82) is 0 Å². The van der Waals surface area contributed by atoms with Crippen molar-refractivity contribution < 1.29 is 19.1 Å². The summed E-state index contributed by atoms with van der Waals surface area (Å²) < 4.78 is 6.17. The van der Waals surface area contributed by atoms with Crippen LogP contribution in [0.1, 0.15) is 28.3 Å². The number of nitrogens with one attached hydrogen (secondary N) is 2. The van der Waals surface area contributed by atoms with E-state index >= 15 is 0 Å². The molecule has 2 aliphatic carbocycles. The molecule has 11 heteroatoms. The van der Waals surface area contributed by atoms with Gasteiger partial charge in [-0.15, -0.1) is 11.8 Å². The van der Waals surface area contributed by atoms with E-state index < -0.39 is 11.8 Å². The molecule has 45 heavy (non-hydrogen) atoms. The smallest absolute Gasteiger partial charge is 0.305 e. The van der Waals surface area contributed by atoms with Crippen LogP contribution in [0.5, 0.6) is 5.75 Å². The van der Waals surface area contributed by atoms with Gasteiger partial charge < -0.3 is 15.0 Å². The van der Waals surface area contributed by atoms with Crippen LogP contribution in [0, 0.1) is 36.5 Å².